The third-order valence-corrected chi connectivity index (χ3v) is 2.23. The summed E-state index contributed by atoms with van der Waals surface area (Å²) in [5.74, 6) is 0.816. The number of anilines is 1. The van der Waals surface area contributed by atoms with Gasteiger partial charge in [0, 0.05) is 19.3 Å². The third-order valence-electron chi connectivity index (χ3n) is 2.01. The Morgan fingerprint density at radius 2 is 2.14 bits per heavy atom. The van der Waals surface area contributed by atoms with E-state index in [2.05, 4.69) is 15.4 Å². The average molecular weight is 214 g/mol. The van der Waals surface area contributed by atoms with Crippen LogP contribution in [0.5, 0.6) is 0 Å². The Morgan fingerprint density at radius 3 is 2.79 bits per heavy atom. The normalized spacial score (nSPS) is 18.1. The van der Waals surface area contributed by atoms with Gasteiger partial charge >= 0.3 is 0 Å². The van der Waals surface area contributed by atoms with E-state index in [0.29, 0.717) is 5.02 Å². The van der Waals surface area contributed by atoms with Crippen molar-refractivity contribution in [2.45, 2.75) is 0 Å². The maximum atomic E-state index is 5.73. The lowest BCUT2D eigenvalue weighted by Crippen LogP contribution is -2.40. The first-order chi connectivity index (χ1) is 6.84. The van der Waals surface area contributed by atoms with E-state index in [1.165, 1.54) is 0 Å². The second kappa shape index (κ2) is 4.59. The van der Waals surface area contributed by atoms with E-state index >= 15 is 0 Å². The van der Waals surface area contributed by atoms with E-state index in [9.17, 15) is 0 Å². The molecule has 1 saturated heterocycles. The van der Waals surface area contributed by atoms with Crippen LogP contribution in [0.2, 0.25) is 5.02 Å². The van der Waals surface area contributed by atoms with Crippen LogP contribution in [0, 0.1) is 0 Å². The molecule has 0 aromatic carbocycles. The maximum Gasteiger partial charge on any atom is 0.140 e. The molecule has 1 aromatic heterocycles. The van der Waals surface area contributed by atoms with Gasteiger partial charge in [-0.25, -0.2) is 9.99 Å². The fourth-order valence-corrected chi connectivity index (χ4v) is 1.39. The minimum atomic E-state index is 0.650. The minimum absolute atomic E-state index is 0.650. The fraction of sp³-hybridized carbons (Fsp3) is 0.444. The molecule has 0 spiro atoms. The van der Waals surface area contributed by atoms with Gasteiger partial charge < -0.3 is 10.2 Å². The van der Waals surface area contributed by atoms with Crippen molar-refractivity contribution in [1.82, 2.24) is 9.99 Å². The monoisotopic (exact) mass is 213 g/mol. The first-order valence-electron chi connectivity index (χ1n) is 4.55. The van der Waals surface area contributed by atoms with Crippen LogP contribution in [0.3, 0.4) is 0 Å². The summed E-state index contributed by atoms with van der Waals surface area (Å²) >= 11 is 5.73. The van der Waals surface area contributed by atoms with Crippen LogP contribution in [0.25, 0.3) is 0 Å². The molecule has 0 saturated carbocycles. The number of pyridine rings is 1. The molecule has 2 heterocycles. The number of rotatable bonds is 2. The number of halogens is 1. The second-order valence-corrected chi connectivity index (χ2v) is 3.51. The van der Waals surface area contributed by atoms with E-state index in [4.69, 9.17) is 16.3 Å². The molecule has 0 radical (unpaired) electrons. The number of morpholine rings is 1. The fourth-order valence-electron chi connectivity index (χ4n) is 1.28. The van der Waals surface area contributed by atoms with Crippen LogP contribution in [-0.4, -0.2) is 36.3 Å². The zero-order valence-corrected chi connectivity index (χ0v) is 8.50. The molecule has 0 amide bonds. The number of nitrogens with zero attached hydrogens (tertiary/aromatic N) is 2. The van der Waals surface area contributed by atoms with Crippen LogP contribution in [0.1, 0.15) is 0 Å². The highest BCUT2D eigenvalue weighted by atomic mass is 35.5. The number of hydrogen-bond acceptors (Lipinski definition) is 4. The molecular weight excluding hydrogens is 202 g/mol. The standard InChI is InChI=1S/C9H12ClN3O/c10-8-1-2-9(11-7-8)12-13-3-5-14-6-4-13/h1-2,7H,3-6H2,(H,11,12). The summed E-state index contributed by atoms with van der Waals surface area (Å²) in [6.45, 7) is 3.29. The van der Waals surface area contributed by atoms with Crippen molar-refractivity contribution in [3.05, 3.63) is 23.4 Å². The molecule has 76 valence electrons. The summed E-state index contributed by atoms with van der Waals surface area (Å²) in [5.41, 5.74) is 3.19. The van der Waals surface area contributed by atoms with Crippen molar-refractivity contribution in [3.8, 4) is 0 Å². The Hall–Kier alpha value is -0.840. The van der Waals surface area contributed by atoms with E-state index in [-0.39, 0.29) is 0 Å². The van der Waals surface area contributed by atoms with Crippen LogP contribution >= 0.6 is 11.6 Å². The van der Waals surface area contributed by atoms with Gasteiger partial charge in [0.05, 0.1) is 18.2 Å². The molecule has 0 unspecified atom stereocenters. The summed E-state index contributed by atoms with van der Waals surface area (Å²) in [4.78, 5) is 4.15. The molecule has 0 aliphatic carbocycles. The van der Waals surface area contributed by atoms with Gasteiger partial charge in [0.15, 0.2) is 0 Å². The van der Waals surface area contributed by atoms with Crippen LogP contribution in [0.15, 0.2) is 18.3 Å². The van der Waals surface area contributed by atoms with E-state index in [1.807, 2.05) is 12.1 Å². The van der Waals surface area contributed by atoms with E-state index in [0.717, 1.165) is 32.1 Å². The Morgan fingerprint density at radius 1 is 1.36 bits per heavy atom. The number of ether oxygens (including phenoxy) is 1. The molecule has 1 aromatic rings. The number of hydrazine groups is 1. The lowest BCUT2D eigenvalue weighted by Gasteiger charge is -2.27. The van der Waals surface area contributed by atoms with Crippen molar-refractivity contribution >= 4 is 17.4 Å². The van der Waals surface area contributed by atoms with Crippen molar-refractivity contribution in [2.75, 3.05) is 31.7 Å². The summed E-state index contributed by atoms with van der Waals surface area (Å²) in [6.07, 6.45) is 1.63. The first kappa shape index (κ1) is 9.71. The van der Waals surface area contributed by atoms with Crippen molar-refractivity contribution in [3.63, 3.8) is 0 Å². The van der Waals surface area contributed by atoms with Gasteiger partial charge in [-0.15, -0.1) is 0 Å². The summed E-state index contributed by atoms with van der Waals surface area (Å²) in [5, 5.41) is 2.73. The van der Waals surface area contributed by atoms with Gasteiger partial charge in [-0.05, 0) is 12.1 Å². The predicted molar refractivity (Wildman–Crippen MR) is 55.3 cm³/mol. The molecule has 1 fully saturated rings. The number of aromatic nitrogens is 1. The van der Waals surface area contributed by atoms with Crippen molar-refractivity contribution in [1.29, 1.82) is 0 Å². The molecule has 0 bridgehead atoms. The number of hydrogen-bond donors (Lipinski definition) is 1. The van der Waals surface area contributed by atoms with E-state index < -0.39 is 0 Å². The quantitative estimate of drug-likeness (QED) is 0.806. The largest absolute Gasteiger partial charge is 0.379 e. The summed E-state index contributed by atoms with van der Waals surface area (Å²) in [6, 6.07) is 3.68. The predicted octanol–water partition coefficient (Wildman–Crippen LogP) is 1.39. The molecule has 0 atom stereocenters. The van der Waals surface area contributed by atoms with E-state index in [1.54, 1.807) is 6.20 Å². The van der Waals surface area contributed by atoms with Crippen LogP contribution < -0.4 is 5.43 Å². The average Bonchev–Trinajstić information content (AvgIpc) is 2.23. The maximum absolute atomic E-state index is 5.73. The zero-order valence-electron chi connectivity index (χ0n) is 7.74. The molecular formula is C9H12ClN3O. The van der Waals surface area contributed by atoms with Gasteiger partial charge in [0.1, 0.15) is 5.82 Å². The molecule has 1 aliphatic heterocycles. The molecule has 4 nitrogen and oxygen atoms in total. The Kier molecular flexibility index (Phi) is 3.18. The van der Waals surface area contributed by atoms with Crippen molar-refractivity contribution < 1.29 is 4.74 Å². The summed E-state index contributed by atoms with van der Waals surface area (Å²) < 4.78 is 5.23. The lowest BCUT2D eigenvalue weighted by atomic mass is 10.4. The van der Waals surface area contributed by atoms with Gasteiger partial charge in [-0.3, -0.25) is 0 Å². The molecule has 14 heavy (non-hydrogen) atoms. The second-order valence-electron chi connectivity index (χ2n) is 3.07. The van der Waals surface area contributed by atoms with Crippen LogP contribution in [0.4, 0.5) is 5.82 Å². The molecule has 2 rings (SSSR count). The highest BCUT2D eigenvalue weighted by Crippen LogP contribution is 2.10. The highest BCUT2D eigenvalue weighted by Gasteiger charge is 2.09. The molecule has 1 aliphatic rings. The SMILES string of the molecule is Clc1ccc(NN2CCOCC2)nc1. The third kappa shape index (κ3) is 2.57. The minimum Gasteiger partial charge on any atom is -0.379 e. The number of nitrogens with one attached hydrogen (secondary N) is 1. The Bertz CT molecular complexity index is 285. The Balaban J connectivity index is 1.92. The van der Waals surface area contributed by atoms with Gasteiger partial charge in [-0.1, -0.05) is 11.6 Å². The van der Waals surface area contributed by atoms with Gasteiger partial charge in [0.2, 0.25) is 0 Å². The van der Waals surface area contributed by atoms with Gasteiger partial charge in [-0.2, -0.15) is 0 Å². The summed E-state index contributed by atoms with van der Waals surface area (Å²) in [7, 11) is 0. The molecule has 1 N–H and O–H groups in total. The topological polar surface area (TPSA) is 37.4 Å². The first-order valence-corrected chi connectivity index (χ1v) is 4.93. The van der Waals surface area contributed by atoms with Gasteiger partial charge in [0.25, 0.3) is 0 Å². The van der Waals surface area contributed by atoms with Crippen LogP contribution in [-0.2, 0) is 4.74 Å². The molecule has 5 heteroatoms. The van der Waals surface area contributed by atoms with Crippen molar-refractivity contribution in [2.24, 2.45) is 0 Å². The Labute approximate surface area is 87.8 Å². The lowest BCUT2D eigenvalue weighted by molar-refractivity contribution is 0.0495. The smallest absolute Gasteiger partial charge is 0.140 e. The zero-order chi connectivity index (χ0) is 9.80. The highest BCUT2D eigenvalue weighted by molar-refractivity contribution is 6.30.